The molecule has 0 amide bonds. The van der Waals surface area contributed by atoms with Crippen molar-refractivity contribution in [1.29, 1.82) is 0 Å². The number of aromatic nitrogens is 4. The maximum atomic E-state index is 13.7. The standard InChI is InChI=1S/C26H32N6O4S2/c1-4-9-19-21-22(30(3)29-19)26(33)28-25(27-21)24-23(36-5-2)20(17-37-24)38(34,35)32-14-12-31(13-15-32)16-18-10-7-6-8-11-18/h6-8,10-11,17H,4-5,9,12-16H2,1-3H3,(H,27,28,33). The lowest BCUT2D eigenvalue weighted by Gasteiger charge is -2.34. The molecule has 1 saturated heterocycles. The zero-order chi connectivity index (χ0) is 26.9. The Labute approximate surface area is 225 Å². The van der Waals surface area contributed by atoms with Crippen LogP contribution in [0.4, 0.5) is 0 Å². The van der Waals surface area contributed by atoms with Gasteiger partial charge in [0.2, 0.25) is 10.0 Å². The van der Waals surface area contributed by atoms with Crippen LogP contribution in [0.25, 0.3) is 21.7 Å². The molecule has 1 fully saturated rings. The fourth-order valence-electron chi connectivity index (χ4n) is 4.82. The van der Waals surface area contributed by atoms with E-state index in [1.807, 2.05) is 25.1 Å². The van der Waals surface area contributed by atoms with Gasteiger partial charge in [-0.25, -0.2) is 13.4 Å². The van der Waals surface area contributed by atoms with Crippen LogP contribution < -0.4 is 10.3 Å². The van der Waals surface area contributed by atoms with Gasteiger partial charge in [0.15, 0.2) is 17.1 Å². The van der Waals surface area contributed by atoms with Gasteiger partial charge in [0, 0.05) is 45.2 Å². The molecule has 5 rings (SSSR count). The van der Waals surface area contributed by atoms with Gasteiger partial charge in [0.05, 0.1) is 12.3 Å². The normalized spacial score (nSPS) is 15.3. The Kier molecular flexibility index (Phi) is 7.66. The second-order valence-electron chi connectivity index (χ2n) is 9.29. The first-order valence-corrected chi connectivity index (χ1v) is 15.1. The van der Waals surface area contributed by atoms with E-state index in [1.165, 1.54) is 21.2 Å². The Morgan fingerprint density at radius 1 is 1.11 bits per heavy atom. The summed E-state index contributed by atoms with van der Waals surface area (Å²) in [5.41, 5.74) is 2.56. The minimum atomic E-state index is -3.81. The third-order valence-electron chi connectivity index (χ3n) is 6.67. The molecule has 38 heavy (non-hydrogen) atoms. The minimum absolute atomic E-state index is 0.110. The Hall–Kier alpha value is -3.06. The van der Waals surface area contributed by atoms with Crippen molar-refractivity contribution in [1.82, 2.24) is 29.0 Å². The number of aromatic amines is 1. The average Bonchev–Trinajstić information content (AvgIpc) is 3.47. The first kappa shape index (κ1) is 26.5. The number of nitrogens with one attached hydrogen (secondary N) is 1. The van der Waals surface area contributed by atoms with Gasteiger partial charge in [-0.1, -0.05) is 43.7 Å². The number of fused-ring (bicyclic) bond motifs is 1. The lowest BCUT2D eigenvalue weighted by molar-refractivity contribution is 0.181. The van der Waals surface area contributed by atoms with Gasteiger partial charge in [-0.15, -0.1) is 11.3 Å². The van der Waals surface area contributed by atoms with Crippen LogP contribution in [-0.2, 0) is 30.0 Å². The third kappa shape index (κ3) is 5.00. The van der Waals surface area contributed by atoms with E-state index in [0.717, 1.165) is 18.7 Å². The van der Waals surface area contributed by atoms with E-state index in [0.29, 0.717) is 48.5 Å². The summed E-state index contributed by atoms with van der Waals surface area (Å²) in [5, 5.41) is 6.06. The molecule has 1 aliphatic rings. The summed E-state index contributed by atoms with van der Waals surface area (Å²) in [5.74, 6) is 0.517. The molecule has 1 aliphatic heterocycles. The number of sulfonamides is 1. The molecule has 0 unspecified atom stereocenters. The molecular weight excluding hydrogens is 524 g/mol. The Balaban J connectivity index is 1.44. The molecule has 202 valence electrons. The minimum Gasteiger partial charge on any atom is -0.491 e. The molecular formula is C26H32N6O4S2. The lowest BCUT2D eigenvalue weighted by Crippen LogP contribution is -2.48. The van der Waals surface area contributed by atoms with E-state index in [-0.39, 0.29) is 28.6 Å². The number of hydrogen-bond acceptors (Lipinski definition) is 8. The molecule has 0 bridgehead atoms. The molecule has 0 saturated carbocycles. The van der Waals surface area contributed by atoms with Crippen LogP contribution in [0, 0.1) is 0 Å². The van der Waals surface area contributed by atoms with Crippen LogP contribution in [0.2, 0.25) is 0 Å². The number of rotatable bonds is 9. The zero-order valence-electron chi connectivity index (χ0n) is 21.8. The van der Waals surface area contributed by atoms with Crippen molar-refractivity contribution in [3.63, 3.8) is 0 Å². The van der Waals surface area contributed by atoms with Crippen LogP contribution in [0.1, 0.15) is 31.5 Å². The molecule has 10 nitrogen and oxygen atoms in total. The summed E-state index contributed by atoms with van der Waals surface area (Å²) < 4.78 is 36.4. The molecule has 0 radical (unpaired) electrons. The van der Waals surface area contributed by atoms with Crippen molar-refractivity contribution >= 4 is 32.4 Å². The first-order valence-electron chi connectivity index (χ1n) is 12.8. The molecule has 1 N–H and O–H groups in total. The highest BCUT2D eigenvalue weighted by Gasteiger charge is 2.34. The van der Waals surface area contributed by atoms with Gasteiger partial charge in [-0.2, -0.15) is 9.40 Å². The number of piperazine rings is 1. The second-order valence-corrected chi connectivity index (χ2v) is 12.1. The number of ether oxygens (including phenoxy) is 1. The maximum Gasteiger partial charge on any atom is 0.277 e. The molecule has 4 aromatic rings. The fourth-order valence-corrected chi connectivity index (χ4v) is 7.65. The number of thiophene rings is 1. The van der Waals surface area contributed by atoms with E-state index in [9.17, 15) is 13.2 Å². The summed E-state index contributed by atoms with van der Waals surface area (Å²) in [6.45, 7) is 6.98. The lowest BCUT2D eigenvalue weighted by atomic mass is 10.2. The number of benzene rings is 1. The highest BCUT2D eigenvalue weighted by atomic mass is 32.2. The second kappa shape index (κ2) is 11.0. The van der Waals surface area contributed by atoms with E-state index < -0.39 is 10.0 Å². The molecule has 0 spiro atoms. The monoisotopic (exact) mass is 556 g/mol. The van der Waals surface area contributed by atoms with E-state index in [1.54, 1.807) is 24.0 Å². The van der Waals surface area contributed by atoms with Crippen LogP contribution in [0.15, 0.2) is 45.4 Å². The molecule has 0 atom stereocenters. The summed E-state index contributed by atoms with van der Waals surface area (Å²) >= 11 is 1.20. The Bertz CT molecular complexity index is 1590. The number of H-pyrrole nitrogens is 1. The van der Waals surface area contributed by atoms with Crippen molar-refractivity contribution in [2.75, 3.05) is 32.8 Å². The predicted octanol–water partition coefficient (Wildman–Crippen LogP) is 3.24. The maximum absolute atomic E-state index is 13.7. The first-order chi connectivity index (χ1) is 18.3. The van der Waals surface area contributed by atoms with Gasteiger partial charge in [0.25, 0.3) is 5.56 Å². The summed E-state index contributed by atoms with van der Waals surface area (Å²) in [4.78, 5) is 23.4. The van der Waals surface area contributed by atoms with Crippen molar-refractivity contribution < 1.29 is 13.2 Å². The van der Waals surface area contributed by atoms with Gasteiger partial charge in [-0.3, -0.25) is 14.4 Å². The van der Waals surface area contributed by atoms with Crippen molar-refractivity contribution in [2.24, 2.45) is 7.05 Å². The number of aryl methyl sites for hydroxylation is 2. The fraction of sp³-hybridized carbons (Fsp3) is 0.423. The summed E-state index contributed by atoms with van der Waals surface area (Å²) in [6, 6.07) is 10.2. The van der Waals surface area contributed by atoms with E-state index in [2.05, 4.69) is 27.1 Å². The van der Waals surface area contributed by atoms with Crippen molar-refractivity contribution in [2.45, 2.75) is 38.1 Å². The largest absolute Gasteiger partial charge is 0.491 e. The van der Waals surface area contributed by atoms with Crippen molar-refractivity contribution in [3.8, 4) is 16.5 Å². The molecule has 0 aliphatic carbocycles. The highest BCUT2D eigenvalue weighted by Crippen LogP contribution is 2.41. The molecule has 3 aromatic heterocycles. The smallest absolute Gasteiger partial charge is 0.277 e. The Morgan fingerprint density at radius 3 is 2.53 bits per heavy atom. The van der Waals surface area contributed by atoms with Crippen LogP contribution >= 0.6 is 11.3 Å². The summed E-state index contributed by atoms with van der Waals surface area (Å²) in [6.07, 6.45) is 1.55. The van der Waals surface area contributed by atoms with Crippen LogP contribution in [0.5, 0.6) is 5.75 Å². The third-order valence-corrected chi connectivity index (χ3v) is 9.69. The SMILES string of the molecule is CCCc1nn(C)c2c(=O)[nH]c(-c3scc(S(=O)(=O)N4CCN(Cc5ccccc5)CC4)c3OCC)nc12. The van der Waals surface area contributed by atoms with Gasteiger partial charge >= 0.3 is 0 Å². The van der Waals surface area contributed by atoms with E-state index in [4.69, 9.17) is 9.72 Å². The van der Waals surface area contributed by atoms with Crippen LogP contribution in [0.3, 0.4) is 0 Å². The van der Waals surface area contributed by atoms with Crippen molar-refractivity contribution in [3.05, 3.63) is 57.3 Å². The highest BCUT2D eigenvalue weighted by molar-refractivity contribution is 7.89. The number of hydrogen-bond donors (Lipinski definition) is 1. The molecule has 1 aromatic carbocycles. The molecule has 12 heteroatoms. The zero-order valence-corrected chi connectivity index (χ0v) is 23.4. The van der Waals surface area contributed by atoms with Gasteiger partial charge in [0.1, 0.15) is 15.3 Å². The molecule has 4 heterocycles. The Morgan fingerprint density at radius 2 is 1.84 bits per heavy atom. The topological polar surface area (TPSA) is 113 Å². The van der Waals surface area contributed by atoms with Gasteiger partial charge < -0.3 is 9.72 Å². The predicted molar refractivity (Wildman–Crippen MR) is 148 cm³/mol. The summed E-state index contributed by atoms with van der Waals surface area (Å²) in [7, 11) is -2.09. The van der Waals surface area contributed by atoms with Gasteiger partial charge in [-0.05, 0) is 18.9 Å². The average molecular weight is 557 g/mol. The van der Waals surface area contributed by atoms with E-state index >= 15 is 0 Å². The van der Waals surface area contributed by atoms with Crippen LogP contribution in [-0.4, -0.2) is 70.2 Å². The quantitative estimate of drug-likeness (QED) is 0.337. The number of nitrogens with zero attached hydrogens (tertiary/aromatic N) is 5.